The van der Waals surface area contributed by atoms with E-state index in [0.717, 1.165) is 45.9 Å². The molecule has 3 N–H and O–H groups in total. The molecule has 31 heavy (non-hydrogen) atoms. The molecule has 0 aliphatic carbocycles. The van der Waals surface area contributed by atoms with E-state index >= 15 is 0 Å². The molecule has 2 saturated heterocycles. The summed E-state index contributed by atoms with van der Waals surface area (Å²) in [7, 11) is -1.62. The van der Waals surface area contributed by atoms with E-state index in [0.29, 0.717) is 11.1 Å². The highest BCUT2D eigenvalue weighted by molar-refractivity contribution is 6.74. The van der Waals surface area contributed by atoms with Crippen molar-refractivity contribution >= 4 is 8.32 Å². The van der Waals surface area contributed by atoms with Gasteiger partial charge in [0.1, 0.15) is 0 Å². The fourth-order valence-electron chi connectivity index (χ4n) is 3.63. The Labute approximate surface area is 194 Å². The standard InChI is InChI=1S/C15H34N2OSi.C9H20N2O/c1-14(2,3)17-10-9-16-13(11-17)12-18-19(7,8)15(4,5)6;1-9(2,3)11-5-4-10-8(6-11)7-12/h13,16H,9-12H2,1-8H3;8,10,12H,4-7H2,1-3H3. The van der Waals surface area contributed by atoms with E-state index in [9.17, 15) is 0 Å². The highest BCUT2D eigenvalue weighted by atomic mass is 28.4. The third-order valence-corrected chi connectivity index (χ3v) is 11.6. The fraction of sp³-hybridized carbons (Fsp3) is 1.00. The van der Waals surface area contributed by atoms with E-state index < -0.39 is 8.32 Å². The first-order chi connectivity index (χ1) is 14.0. The van der Waals surface area contributed by atoms with Crippen LogP contribution in [0.25, 0.3) is 0 Å². The van der Waals surface area contributed by atoms with Gasteiger partial charge in [0.05, 0.1) is 13.2 Å². The van der Waals surface area contributed by atoms with Crippen LogP contribution in [0.3, 0.4) is 0 Å². The number of aliphatic hydroxyl groups excluding tert-OH is 1. The Hall–Kier alpha value is -0.0231. The molecule has 0 saturated carbocycles. The molecule has 6 nitrogen and oxygen atoms in total. The monoisotopic (exact) mass is 458 g/mol. The average molecular weight is 459 g/mol. The summed E-state index contributed by atoms with van der Waals surface area (Å²) in [4.78, 5) is 4.97. The van der Waals surface area contributed by atoms with Gasteiger partial charge in [0, 0.05) is 62.4 Å². The van der Waals surface area contributed by atoms with Crippen LogP contribution in [0.4, 0.5) is 0 Å². The zero-order valence-corrected chi connectivity index (χ0v) is 23.6. The Morgan fingerprint density at radius 2 is 1.23 bits per heavy atom. The predicted molar refractivity (Wildman–Crippen MR) is 136 cm³/mol. The Bertz CT molecular complexity index is 523. The van der Waals surface area contributed by atoms with Crippen molar-refractivity contribution in [2.45, 2.75) is 104 Å². The Morgan fingerprint density at radius 1 is 0.806 bits per heavy atom. The van der Waals surface area contributed by atoms with Gasteiger partial charge in [-0.2, -0.15) is 0 Å². The van der Waals surface area contributed by atoms with E-state index in [1.807, 2.05) is 0 Å². The van der Waals surface area contributed by atoms with Crippen molar-refractivity contribution in [1.82, 2.24) is 20.4 Å². The van der Waals surface area contributed by atoms with Crippen molar-refractivity contribution < 1.29 is 9.53 Å². The van der Waals surface area contributed by atoms with Crippen molar-refractivity contribution in [3.05, 3.63) is 0 Å². The summed E-state index contributed by atoms with van der Waals surface area (Å²) < 4.78 is 6.34. The summed E-state index contributed by atoms with van der Waals surface area (Å²) in [5, 5.41) is 16.2. The van der Waals surface area contributed by atoms with Gasteiger partial charge in [-0.1, -0.05) is 20.8 Å². The van der Waals surface area contributed by atoms with Crippen LogP contribution >= 0.6 is 0 Å². The van der Waals surface area contributed by atoms with Gasteiger partial charge in [0.2, 0.25) is 0 Å². The van der Waals surface area contributed by atoms with E-state index in [1.165, 1.54) is 0 Å². The molecule has 0 spiro atoms. The molecule has 2 rings (SSSR count). The molecule has 7 heteroatoms. The van der Waals surface area contributed by atoms with Gasteiger partial charge in [-0.3, -0.25) is 9.80 Å². The topological polar surface area (TPSA) is 60.0 Å². The van der Waals surface area contributed by atoms with Crippen LogP contribution in [0.5, 0.6) is 0 Å². The molecule has 2 heterocycles. The highest BCUT2D eigenvalue weighted by Gasteiger charge is 2.38. The second-order valence-electron chi connectivity index (χ2n) is 12.8. The molecule has 0 aromatic rings. The first kappa shape index (κ1) is 29.0. The minimum absolute atomic E-state index is 0.232. The molecule has 2 fully saturated rings. The zero-order chi connectivity index (χ0) is 24.1. The summed E-state index contributed by atoms with van der Waals surface area (Å²) in [6.45, 7) is 32.5. The number of rotatable bonds is 4. The third kappa shape index (κ3) is 9.78. The second-order valence-corrected chi connectivity index (χ2v) is 17.6. The normalized spacial score (nSPS) is 25.2. The van der Waals surface area contributed by atoms with E-state index in [2.05, 4.69) is 95.8 Å². The van der Waals surface area contributed by atoms with Gasteiger partial charge in [0.15, 0.2) is 8.32 Å². The molecule has 2 aliphatic rings. The Kier molecular flexibility index (Phi) is 10.7. The zero-order valence-electron chi connectivity index (χ0n) is 22.6. The van der Waals surface area contributed by atoms with Crippen molar-refractivity contribution in [2.24, 2.45) is 0 Å². The van der Waals surface area contributed by atoms with Gasteiger partial charge < -0.3 is 20.2 Å². The quantitative estimate of drug-likeness (QED) is 0.563. The minimum atomic E-state index is -1.62. The van der Waals surface area contributed by atoms with Crippen molar-refractivity contribution in [2.75, 3.05) is 52.5 Å². The van der Waals surface area contributed by atoms with Crippen LogP contribution in [0.15, 0.2) is 0 Å². The highest BCUT2D eigenvalue weighted by Crippen LogP contribution is 2.36. The molecule has 0 radical (unpaired) electrons. The number of nitrogens with one attached hydrogen (secondary N) is 2. The van der Waals surface area contributed by atoms with E-state index in [-0.39, 0.29) is 23.7 Å². The van der Waals surface area contributed by atoms with Crippen LogP contribution in [-0.4, -0.2) is 98.9 Å². The lowest BCUT2D eigenvalue weighted by Crippen LogP contribution is -2.58. The predicted octanol–water partition coefficient (Wildman–Crippen LogP) is 3.13. The van der Waals surface area contributed by atoms with Crippen LogP contribution < -0.4 is 10.6 Å². The summed E-state index contributed by atoms with van der Waals surface area (Å²) in [5.74, 6) is 0. The largest absolute Gasteiger partial charge is 0.415 e. The lowest BCUT2D eigenvalue weighted by Gasteiger charge is -2.43. The van der Waals surface area contributed by atoms with Gasteiger partial charge in [-0.25, -0.2) is 0 Å². The molecule has 2 unspecified atom stereocenters. The van der Waals surface area contributed by atoms with Gasteiger partial charge in [0.25, 0.3) is 0 Å². The first-order valence-corrected chi connectivity index (χ1v) is 15.1. The maximum absolute atomic E-state index is 8.99. The van der Waals surface area contributed by atoms with Crippen LogP contribution in [0.2, 0.25) is 18.1 Å². The van der Waals surface area contributed by atoms with Crippen molar-refractivity contribution in [3.63, 3.8) is 0 Å². The van der Waals surface area contributed by atoms with Gasteiger partial charge >= 0.3 is 0 Å². The summed E-state index contributed by atoms with van der Waals surface area (Å²) in [6, 6.07) is 0.736. The number of nitrogens with zero attached hydrogens (tertiary/aromatic N) is 2. The van der Waals surface area contributed by atoms with Gasteiger partial charge in [-0.05, 0) is 59.7 Å². The summed E-state index contributed by atoms with van der Waals surface area (Å²) in [5.41, 5.74) is 0.493. The van der Waals surface area contributed by atoms with Gasteiger partial charge in [-0.15, -0.1) is 0 Å². The maximum Gasteiger partial charge on any atom is 0.192 e. The molecule has 0 aromatic heterocycles. The molecular weight excluding hydrogens is 404 g/mol. The average Bonchev–Trinajstić information content (AvgIpc) is 2.65. The summed E-state index contributed by atoms with van der Waals surface area (Å²) >= 11 is 0. The van der Waals surface area contributed by atoms with Crippen LogP contribution in [0.1, 0.15) is 62.3 Å². The molecule has 0 amide bonds. The third-order valence-electron chi connectivity index (χ3n) is 7.08. The summed E-state index contributed by atoms with van der Waals surface area (Å²) in [6.07, 6.45) is 0. The number of piperazine rings is 2. The number of hydrogen-bond acceptors (Lipinski definition) is 6. The Morgan fingerprint density at radius 3 is 1.61 bits per heavy atom. The Balaban J connectivity index is 0.000000343. The number of hydrogen-bond donors (Lipinski definition) is 3. The smallest absolute Gasteiger partial charge is 0.192 e. The second kappa shape index (κ2) is 11.4. The minimum Gasteiger partial charge on any atom is -0.415 e. The maximum atomic E-state index is 8.99. The molecular formula is C24H54N4O2Si. The lowest BCUT2D eigenvalue weighted by molar-refractivity contribution is 0.0764. The molecule has 186 valence electrons. The number of aliphatic hydroxyl groups is 1. The van der Waals surface area contributed by atoms with Crippen molar-refractivity contribution in [3.8, 4) is 0 Å². The first-order valence-electron chi connectivity index (χ1n) is 12.2. The van der Waals surface area contributed by atoms with E-state index in [4.69, 9.17) is 9.53 Å². The van der Waals surface area contributed by atoms with Crippen LogP contribution in [0, 0.1) is 0 Å². The lowest BCUT2D eigenvalue weighted by atomic mass is 10.0. The molecule has 0 bridgehead atoms. The molecule has 2 aliphatic heterocycles. The molecule has 2 atom stereocenters. The fourth-order valence-corrected chi connectivity index (χ4v) is 4.68. The van der Waals surface area contributed by atoms with Crippen LogP contribution in [-0.2, 0) is 4.43 Å². The molecule has 0 aromatic carbocycles. The van der Waals surface area contributed by atoms with Crippen molar-refractivity contribution in [1.29, 1.82) is 0 Å². The van der Waals surface area contributed by atoms with E-state index in [1.54, 1.807) is 0 Å². The SMILES string of the molecule is CC(C)(C)N1CCNC(CO)C1.CC(C)(C)N1CCNC(CO[Si](C)(C)C(C)(C)C)C1.